The van der Waals surface area contributed by atoms with Crippen molar-refractivity contribution in [2.24, 2.45) is 11.8 Å². The van der Waals surface area contributed by atoms with Gasteiger partial charge in [0.05, 0.1) is 5.92 Å². The number of carbonyl (C=O) groups excluding carboxylic acids is 1. The molecule has 4 heteroatoms. The summed E-state index contributed by atoms with van der Waals surface area (Å²) in [6.45, 7) is 4.21. The van der Waals surface area contributed by atoms with E-state index in [1.807, 2.05) is 38.1 Å². The normalized spacial score (nSPS) is 17.6. The summed E-state index contributed by atoms with van der Waals surface area (Å²) in [5, 5.41) is 12.9. The largest absolute Gasteiger partial charge is 0.396 e. The second-order valence-electron chi connectivity index (χ2n) is 6.24. The number of nitrogens with one attached hydrogen (secondary N) is 1. The molecule has 0 bridgehead atoms. The molecule has 1 aliphatic rings. The van der Waals surface area contributed by atoms with E-state index < -0.39 is 0 Å². The molecule has 2 rings (SSSR count). The average molecular weight is 310 g/mol. The number of benzene rings is 1. The molecule has 2 unspecified atom stereocenters. The summed E-state index contributed by atoms with van der Waals surface area (Å²) in [5.74, 6) is 0.562. The summed E-state index contributed by atoms with van der Waals surface area (Å²) < 4.78 is 0. The van der Waals surface area contributed by atoms with Gasteiger partial charge in [-0.05, 0) is 48.8 Å². The highest BCUT2D eigenvalue weighted by Gasteiger charge is 2.34. The third-order valence-electron chi connectivity index (χ3n) is 4.12. The number of hydrogen-bond donors (Lipinski definition) is 2. The van der Waals surface area contributed by atoms with Crippen molar-refractivity contribution >= 4 is 17.5 Å². The van der Waals surface area contributed by atoms with Gasteiger partial charge in [-0.25, -0.2) is 0 Å². The summed E-state index contributed by atoms with van der Waals surface area (Å²) in [6, 6.07) is 7.62. The maximum atomic E-state index is 12.7. The molecule has 2 N–H and O–H groups in total. The summed E-state index contributed by atoms with van der Waals surface area (Å²) in [4.78, 5) is 12.7. The number of aliphatic hydroxyl groups excluding tert-OH is 1. The Morgan fingerprint density at radius 3 is 2.67 bits per heavy atom. The van der Waals surface area contributed by atoms with E-state index in [2.05, 4.69) is 5.32 Å². The van der Waals surface area contributed by atoms with E-state index in [1.165, 1.54) is 0 Å². The van der Waals surface area contributed by atoms with Crippen LogP contribution in [0.15, 0.2) is 24.3 Å². The molecule has 0 spiro atoms. The molecule has 3 nitrogen and oxygen atoms in total. The van der Waals surface area contributed by atoms with Gasteiger partial charge in [0.15, 0.2) is 0 Å². The molecule has 0 aliphatic heterocycles. The van der Waals surface area contributed by atoms with E-state index >= 15 is 0 Å². The lowest BCUT2D eigenvalue weighted by Gasteiger charge is -2.25. The number of hydrogen-bond acceptors (Lipinski definition) is 2. The van der Waals surface area contributed by atoms with Gasteiger partial charge in [0.2, 0.25) is 5.91 Å². The molecule has 1 aromatic rings. The molecule has 21 heavy (non-hydrogen) atoms. The molecule has 1 amide bonds. The van der Waals surface area contributed by atoms with E-state index in [-0.39, 0.29) is 30.4 Å². The highest BCUT2D eigenvalue weighted by Crippen LogP contribution is 2.35. The molecular weight excluding hydrogens is 286 g/mol. The first kappa shape index (κ1) is 16.3. The smallest absolute Gasteiger partial charge is 0.228 e. The zero-order valence-corrected chi connectivity index (χ0v) is 13.4. The van der Waals surface area contributed by atoms with Crippen molar-refractivity contribution in [1.82, 2.24) is 5.32 Å². The topological polar surface area (TPSA) is 49.3 Å². The van der Waals surface area contributed by atoms with E-state index in [9.17, 15) is 4.79 Å². The molecule has 2 atom stereocenters. The van der Waals surface area contributed by atoms with Gasteiger partial charge >= 0.3 is 0 Å². The van der Waals surface area contributed by atoms with E-state index in [0.717, 1.165) is 18.4 Å². The Morgan fingerprint density at radius 2 is 2.14 bits per heavy atom. The third-order valence-corrected chi connectivity index (χ3v) is 4.35. The minimum atomic E-state index is -0.205. The van der Waals surface area contributed by atoms with Crippen LogP contribution in [0.1, 0.15) is 44.6 Å². The SMILES string of the molecule is CC(C)C(C(=O)NC(CCO)C1CC1)c1cccc(Cl)c1. The van der Waals surface area contributed by atoms with E-state index in [1.54, 1.807) is 0 Å². The molecule has 0 heterocycles. The molecule has 1 aliphatic carbocycles. The summed E-state index contributed by atoms with van der Waals surface area (Å²) in [6.07, 6.45) is 2.93. The fourth-order valence-corrected chi connectivity index (χ4v) is 3.07. The number of halogens is 1. The van der Waals surface area contributed by atoms with Crippen molar-refractivity contribution in [3.8, 4) is 0 Å². The predicted molar refractivity (Wildman–Crippen MR) is 85.4 cm³/mol. The first-order valence-electron chi connectivity index (χ1n) is 7.69. The minimum absolute atomic E-state index is 0.0395. The Kier molecular flexibility index (Phi) is 5.65. The van der Waals surface area contributed by atoms with Crippen molar-refractivity contribution in [3.63, 3.8) is 0 Å². The average Bonchev–Trinajstić information content (AvgIpc) is 3.22. The summed E-state index contributed by atoms with van der Waals surface area (Å²) >= 11 is 6.05. The fraction of sp³-hybridized carbons (Fsp3) is 0.588. The first-order valence-corrected chi connectivity index (χ1v) is 8.07. The van der Waals surface area contributed by atoms with Gasteiger partial charge in [-0.1, -0.05) is 37.6 Å². The van der Waals surface area contributed by atoms with Crippen LogP contribution in [0, 0.1) is 11.8 Å². The standard InChI is InChI=1S/C17H24ClNO2/c1-11(2)16(13-4-3-5-14(18)10-13)17(21)19-15(8-9-20)12-6-7-12/h3-5,10-12,15-16,20H,6-9H2,1-2H3,(H,19,21). The number of aliphatic hydroxyl groups is 1. The van der Waals surface area contributed by atoms with Crippen LogP contribution in [0.3, 0.4) is 0 Å². The molecule has 1 fully saturated rings. The first-order chi connectivity index (χ1) is 10.0. The maximum absolute atomic E-state index is 12.7. The number of amides is 1. The zero-order valence-electron chi connectivity index (χ0n) is 12.7. The van der Waals surface area contributed by atoms with Gasteiger partial charge in [0.1, 0.15) is 0 Å². The van der Waals surface area contributed by atoms with Crippen LogP contribution in [0.5, 0.6) is 0 Å². The van der Waals surface area contributed by atoms with Crippen molar-refractivity contribution in [3.05, 3.63) is 34.9 Å². The number of carbonyl (C=O) groups is 1. The summed E-state index contributed by atoms with van der Waals surface area (Å²) in [5.41, 5.74) is 0.952. The van der Waals surface area contributed by atoms with Gasteiger partial charge in [-0.2, -0.15) is 0 Å². The lowest BCUT2D eigenvalue weighted by atomic mass is 9.87. The minimum Gasteiger partial charge on any atom is -0.396 e. The molecule has 1 saturated carbocycles. The van der Waals surface area contributed by atoms with Crippen LogP contribution in [0.25, 0.3) is 0 Å². The Balaban J connectivity index is 2.12. The quantitative estimate of drug-likeness (QED) is 0.811. The maximum Gasteiger partial charge on any atom is 0.228 e. The molecule has 116 valence electrons. The van der Waals surface area contributed by atoms with Crippen molar-refractivity contribution in [1.29, 1.82) is 0 Å². The molecule has 0 radical (unpaired) electrons. The fourth-order valence-electron chi connectivity index (χ4n) is 2.87. The van der Waals surface area contributed by atoms with Crippen molar-refractivity contribution in [2.45, 2.75) is 45.1 Å². The van der Waals surface area contributed by atoms with Crippen molar-refractivity contribution in [2.75, 3.05) is 6.61 Å². The Bertz CT molecular complexity index is 485. The van der Waals surface area contributed by atoms with Crippen LogP contribution in [0.2, 0.25) is 5.02 Å². The van der Waals surface area contributed by atoms with E-state index in [0.29, 0.717) is 17.4 Å². The van der Waals surface area contributed by atoms with Gasteiger partial charge in [0, 0.05) is 17.7 Å². The molecule has 0 aromatic heterocycles. The van der Waals surface area contributed by atoms with Crippen LogP contribution in [-0.4, -0.2) is 23.7 Å². The highest BCUT2D eigenvalue weighted by atomic mass is 35.5. The zero-order chi connectivity index (χ0) is 15.4. The second kappa shape index (κ2) is 7.28. The van der Waals surface area contributed by atoms with Gasteiger partial charge in [-0.15, -0.1) is 0 Å². The van der Waals surface area contributed by atoms with Gasteiger partial charge in [0.25, 0.3) is 0 Å². The Labute approximate surface area is 131 Å². The molecular formula is C17H24ClNO2. The lowest BCUT2D eigenvalue weighted by Crippen LogP contribution is -2.41. The predicted octanol–water partition coefficient (Wildman–Crippen LogP) is 3.36. The highest BCUT2D eigenvalue weighted by molar-refractivity contribution is 6.30. The van der Waals surface area contributed by atoms with Crippen molar-refractivity contribution < 1.29 is 9.90 Å². The van der Waals surface area contributed by atoms with E-state index in [4.69, 9.17) is 16.7 Å². The lowest BCUT2D eigenvalue weighted by molar-refractivity contribution is -0.124. The van der Waals surface area contributed by atoms with Gasteiger partial charge in [-0.3, -0.25) is 4.79 Å². The monoisotopic (exact) mass is 309 g/mol. The van der Waals surface area contributed by atoms with Crippen LogP contribution in [0.4, 0.5) is 0 Å². The summed E-state index contributed by atoms with van der Waals surface area (Å²) in [7, 11) is 0. The van der Waals surface area contributed by atoms with Crippen LogP contribution in [-0.2, 0) is 4.79 Å². The second-order valence-corrected chi connectivity index (χ2v) is 6.68. The third kappa shape index (κ3) is 4.45. The number of rotatable bonds is 7. The Hall–Kier alpha value is -1.06. The molecule has 0 saturated heterocycles. The van der Waals surface area contributed by atoms with Crippen LogP contribution < -0.4 is 5.32 Å². The van der Waals surface area contributed by atoms with Gasteiger partial charge < -0.3 is 10.4 Å². The van der Waals surface area contributed by atoms with Crippen LogP contribution >= 0.6 is 11.6 Å². The molecule has 1 aromatic carbocycles. The Morgan fingerprint density at radius 1 is 1.43 bits per heavy atom.